The molecular formula is C25H38N4O3. The number of carbonyl (C=O) groups excluding carboxylic acids is 1. The van der Waals surface area contributed by atoms with Crippen LogP contribution in [0.2, 0.25) is 0 Å². The Hall–Kier alpha value is -2.38. The molecule has 2 aromatic rings. The van der Waals surface area contributed by atoms with Crippen molar-refractivity contribution in [3.8, 4) is 16.9 Å². The molecule has 0 fully saturated rings. The largest absolute Gasteiger partial charge is 0.493 e. The van der Waals surface area contributed by atoms with E-state index in [2.05, 4.69) is 24.3 Å². The maximum absolute atomic E-state index is 12.4. The van der Waals surface area contributed by atoms with Gasteiger partial charge in [-0.3, -0.25) is 9.48 Å². The van der Waals surface area contributed by atoms with Crippen LogP contribution in [0.3, 0.4) is 0 Å². The summed E-state index contributed by atoms with van der Waals surface area (Å²) in [6.07, 6.45) is 7.57. The van der Waals surface area contributed by atoms with Gasteiger partial charge in [0.2, 0.25) is 5.91 Å². The average Bonchev–Trinajstić information content (AvgIpc) is 3.16. The topological polar surface area (TPSA) is 79.6 Å². The summed E-state index contributed by atoms with van der Waals surface area (Å²) < 4.78 is 8.14. The lowest BCUT2D eigenvalue weighted by Crippen LogP contribution is -2.40. The Morgan fingerprint density at radius 3 is 2.81 bits per heavy atom. The minimum atomic E-state index is -0.845. The van der Waals surface area contributed by atoms with Crippen LogP contribution in [0.1, 0.15) is 59.4 Å². The van der Waals surface area contributed by atoms with E-state index in [4.69, 9.17) is 4.74 Å². The number of nitrogens with zero attached hydrogens (tertiary/aromatic N) is 3. The van der Waals surface area contributed by atoms with Crippen molar-refractivity contribution in [2.75, 3.05) is 24.6 Å². The van der Waals surface area contributed by atoms with Crippen molar-refractivity contribution < 1.29 is 14.6 Å². The Labute approximate surface area is 191 Å². The van der Waals surface area contributed by atoms with Gasteiger partial charge in [0.15, 0.2) is 0 Å². The molecule has 0 unspecified atom stereocenters. The summed E-state index contributed by atoms with van der Waals surface area (Å²) in [4.78, 5) is 14.3. The first-order valence-electron chi connectivity index (χ1n) is 11.8. The first-order valence-corrected chi connectivity index (χ1v) is 11.8. The minimum Gasteiger partial charge on any atom is -0.493 e. The van der Waals surface area contributed by atoms with Crippen LogP contribution in [0, 0.1) is 0 Å². The standard InChI is InChI=1S/C25H38N4O3/c1-6-12-26-13-7-14-32-24-21(20-15-27-28(16-20)17-25(4,5)31)10-11-23-22(24)9-8-18(2)29(23)19(3)30/h10-11,15-16,18,26,31H,6-9,12-14,17H2,1-5H3/t18-/m0/s1. The number of fused-ring (bicyclic) bond motifs is 1. The van der Waals surface area contributed by atoms with Crippen LogP contribution in [-0.2, 0) is 17.8 Å². The first kappa shape index (κ1) is 24.3. The van der Waals surface area contributed by atoms with E-state index >= 15 is 0 Å². The van der Waals surface area contributed by atoms with Crippen LogP contribution in [-0.4, -0.2) is 52.1 Å². The van der Waals surface area contributed by atoms with Gasteiger partial charge in [-0.2, -0.15) is 5.10 Å². The summed E-state index contributed by atoms with van der Waals surface area (Å²) in [5.74, 6) is 0.901. The van der Waals surface area contributed by atoms with Gasteiger partial charge in [0.05, 0.1) is 30.6 Å². The molecule has 3 rings (SSSR count). The van der Waals surface area contributed by atoms with Crippen molar-refractivity contribution in [3.63, 3.8) is 0 Å². The molecule has 176 valence electrons. The molecule has 2 heterocycles. The van der Waals surface area contributed by atoms with Gasteiger partial charge >= 0.3 is 0 Å². The molecule has 1 aromatic carbocycles. The number of carbonyl (C=O) groups is 1. The van der Waals surface area contributed by atoms with Gasteiger partial charge in [-0.25, -0.2) is 0 Å². The molecule has 1 aliphatic rings. The van der Waals surface area contributed by atoms with Crippen molar-refractivity contribution in [2.45, 2.75) is 78.5 Å². The highest BCUT2D eigenvalue weighted by molar-refractivity contribution is 5.95. The smallest absolute Gasteiger partial charge is 0.224 e. The fourth-order valence-corrected chi connectivity index (χ4v) is 4.34. The van der Waals surface area contributed by atoms with Crippen LogP contribution in [0.25, 0.3) is 11.1 Å². The maximum atomic E-state index is 12.4. The van der Waals surface area contributed by atoms with E-state index in [-0.39, 0.29) is 11.9 Å². The number of aliphatic hydroxyl groups is 1. The Kier molecular flexibility index (Phi) is 7.96. The fraction of sp³-hybridized carbons (Fsp3) is 0.600. The number of rotatable bonds is 10. The van der Waals surface area contributed by atoms with Gasteiger partial charge in [-0.05, 0) is 71.7 Å². The second-order valence-electron chi connectivity index (χ2n) is 9.41. The Bertz CT molecular complexity index is 916. The number of aromatic nitrogens is 2. The summed E-state index contributed by atoms with van der Waals surface area (Å²) in [5.41, 5.74) is 3.12. The summed E-state index contributed by atoms with van der Waals surface area (Å²) in [5, 5.41) is 18.0. The lowest BCUT2D eigenvalue weighted by Gasteiger charge is -2.36. The summed E-state index contributed by atoms with van der Waals surface area (Å²) in [6.45, 7) is 12.4. The van der Waals surface area contributed by atoms with Gasteiger partial charge in [0.1, 0.15) is 5.75 Å². The molecule has 1 aromatic heterocycles. The molecule has 7 heteroatoms. The minimum absolute atomic E-state index is 0.0545. The SMILES string of the molecule is CCCNCCCOc1c(-c2cnn(CC(C)(C)O)c2)ccc2c1CC[C@H](C)N2C(C)=O. The van der Waals surface area contributed by atoms with Crippen LogP contribution < -0.4 is 15.0 Å². The maximum Gasteiger partial charge on any atom is 0.224 e. The highest BCUT2D eigenvalue weighted by Crippen LogP contribution is 2.43. The van der Waals surface area contributed by atoms with Crippen molar-refractivity contribution in [1.29, 1.82) is 0 Å². The van der Waals surface area contributed by atoms with E-state index in [1.165, 1.54) is 0 Å². The number of anilines is 1. The third kappa shape index (κ3) is 5.90. The molecule has 1 aliphatic heterocycles. The molecule has 2 N–H and O–H groups in total. The zero-order chi connectivity index (χ0) is 23.3. The Morgan fingerprint density at radius 2 is 2.12 bits per heavy atom. The van der Waals surface area contributed by atoms with E-state index in [0.717, 1.165) is 66.9 Å². The second-order valence-corrected chi connectivity index (χ2v) is 9.41. The summed E-state index contributed by atoms with van der Waals surface area (Å²) in [7, 11) is 0. The molecule has 0 bridgehead atoms. The van der Waals surface area contributed by atoms with E-state index in [1.54, 1.807) is 25.5 Å². The number of amides is 1. The molecule has 0 aliphatic carbocycles. The van der Waals surface area contributed by atoms with E-state index in [1.807, 2.05) is 29.4 Å². The average molecular weight is 443 g/mol. The number of ether oxygens (including phenoxy) is 1. The molecular weight excluding hydrogens is 404 g/mol. The second kappa shape index (κ2) is 10.5. The van der Waals surface area contributed by atoms with Gasteiger partial charge in [0, 0.05) is 35.9 Å². The molecule has 7 nitrogen and oxygen atoms in total. The molecule has 32 heavy (non-hydrogen) atoms. The molecule has 1 amide bonds. The predicted molar refractivity (Wildman–Crippen MR) is 128 cm³/mol. The van der Waals surface area contributed by atoms with Gasteiger partial charge in [0.25, 0.3) is 0 Å². The van der Waals surface area contributed by atoms with E-state index in [9.17, 15) is 9.90 Å². The Balaban J connectivity index is 1.93. The molecule has 0 spiro atoms. The van der Waals surface area contributed by atoms with Crippen molar-refractivity contribution in [3.05, 3.63) is 30.1 Å². The van der Waals surface area contributed by atoms with Gasteiger partial charge < -0.3 is 20.1 Å². The number of benzene rings is 1. The molecule has 1 atom stereocenters. The quantitative estimate of drug-likeness (QED) is 0.548. The van der Waals surface area contributed by atoms with Crippen LogP contribution >= 0.6 is 0 Å². The van der Waals surface area contributed by atoms with E-state index < -0.39 is 5.60 Å². The molecule has 0 saturated heterocycles. The van der Waals surface area contributed by atoms with E-state index in [0.29, 0.717) is 13.2 Å². The third-order valence-electron chi connectivity index (χ3n) is 5.75. The number of hydrogen-bond acceptors (Lipinski definition) is 5. The highest BCUT2D eigenvalue weighted by Gasteiger charge is 2.30. The molecule has 0 saturated carbocycles. The lowest BCUT2D eigenvalue weighted by molar-refractivity contribution is -0.117. The fourth-order valence-electron chi connectivity index (χ4n) is 4.34. The number of nitrogens with one attached hydrogen (secondary N) is 1. The summed E-state index contributed by atoms with van der Waals surface area (Å²) >= 11 is 0. The first-order chi connectivity index (χ1) is 15.2. The van der Waals surface area contributed by atoms with Crippen LogP contribution in [0.5, 0.6) is 5.75 Å². The highest BCUT2D eigenvalue weighted by atomic mass is 16.5. The monoisotopic (exact) mass is 442 g/mol. The van der Waals surface area contributed by atoms with Crippen LogP contribution in [0.4, 0.5) is 5.69 Å². The van der Waals surface area contributed by atoms with Gasteiger partial charge in [-0.15, -0.1) is 0 Å². The van der Waals surface area contributed by atoms with Crippen molar-refractivity contribution in [1.82, 2.24) is 15.1 Å². The van der Waals surface area contributed by atoms with Crippen LogP contribution in [0.15, 0.2) is 24.5 Å². The zero-order valence-electron chi connectivity index (χ0n) is 20.1. The van der Waals surface area contributed by atoms with Crippen molar-refractivity contribution >= 4 is 11.6 Å². The Morgan fingerprint density at radius 1 is 1.34 bits per heavy atom. The normalized spacial score (nSPS) is 16.2. The summed E-state index contributed by atoms with van der Waals surface area (Å²) in [6, 6.07) is 4.24. The lowest BCUT2D eigenvalue weighted by atomic mass is 9.92. The number of hydrogen-bond donors (Lipinski definition) is 2. The third-order valence-corrected chi connectivity index (χ3v) is 5.75. The van der Waals surface area contributed by atoms with Crippen molar-refractivity contribution in [2.24, 2.45) is 0 Å². The van der Waals surface area contributed by atoms with Gasteiger partial charge in [-0.1, -0.05) is 6.92 Å². The predicted octanol–water partition coefficient (Wildman–Crippen LogP) is 3.78. The molecule has 0 radical (unpaired) electrons. The zero-order valence-corrected chi connectivity index (χ0v) is 20.1.